The van der Waals surface area contributed by atoms with Crippen LogP contribution in [0.1, 0.15) is 17.3 Å². The van der Waals surface area contributed by atoms with Crippen molar-refractivity contribution in [1.29, 1.82) is 5.41 Å². The van der Waals surface area contributed by atoms with Gasteiger partial charge in [0.25, 0.3) is 0 Å². The van der Waals surface area contributed by atoms with Gasteiger partial charge in [0.05, 0.1) is 5.56 Å². The van der Waals surface area contributed by atoms with Gasteiger partial charge >= 0.3 is 5.97 Å². The predicted molar refractivity (Wildman–Crippen MR) is 96.3 cm³/mol. The van der Waals surface area contributed by atoms with Crippen molar-refractivity contribution >= 4 is 23.2 Å². The third kappa shape index (κ3) is 4.97. The van der Waals surface area contributed by atoms with Crippen LogP contribution in [-0.2, 0) is 9.53 Å². The number of nitrogens with two attached hydrogens (primary N) is 1. The van der Waals surface area contributed by atoms with Crippen LogP contribution < -0.4 is 11.1 Å². The van der Waals surface area contributed by atoms with Gasteiger partial charge in [-0.15, -0.1) is 0 Å². The van der Waals surface area contributed by atoms with Gasteiger partial charge < -0.3 is 21.2 Å². The SMILES string of the molecule is CC(=N)/C(C(=O)OCC(=O)c1c(F)cccc1F)=C(/N)Nc1cccc(F)c1. The highest BCUT2D eigenvalue weighted by molar-refractivity contribution is 6.18. The molecule has 0 aliphatic heterocycles. The smallest absolute Gasteiger partial charge is 0.344 e. The van der Waals surface area contributed by atoms with Crippen molar-refractivity contribution in [3.8, 4) is 0 Å². The Labute approximate surface area is 158 Å². The Kier molecular flexibility index (Phi) is 6.54. The zero-order valence-electron chi connectivity index (χ0n) is 14.7. The van der Waals surface area contributed by atoms with Crippen LogP contribution in [0.3, 0.4) is 0 Å². The third-order valence-corrected chi connectivity index (χ3v) is 3.53. The van der Waals surface area contributed by atoms with Gasteiger partial charge in [-0.05, 0) is 37.3 Å². The molecule has 0 spiro atoms. The quantitative estimate of drug-likeness (QED) is 0.291. The number of carbonyl (C=O) groups is 2. The number of Topliss-reactive ketones (excluding diaryl/α,β-unsaturated/α-hetero) is 1. The van der Waals surface area contributed by atoms with E-state index >= 15 is 0 Å². The second-order valence-corrected chi connectivity index (χ2v) is 5.64. The van der Waals surface area contributed by atoms with E-state index in [1.165, 1.54) is 25.1 Å². The van der Waals surface area contributed by atoms with Gasteiger partial charge in [-0.25, -0.2) is 18.0 Å². The molecule has 0 saturated carbocycles. The summed E-state index contributed by atoms with van der Waals surface area (Å²) >= 11 is 0. The molecule has 9 heteroatoms. The number of hydrogen-bond donors (Lipinski definition) is 3. The molecule has 146 valence electrons. The Morgan fingerprint density at radius 2 is 1.71 bits per heavy atom. The number of rotatable bonds is 7. The average Bonchev–Trinajstić information content (AvgIpc) is 2.59. The molecule has 0 unspecified atom stereocenters. The van der Waals surface area contributed by atoms with Crippen LogP contribution in [0.15, 0.2) is 53.9 Å². The third-order valence-electron chi connectivity index (χ3n) is 3.53. The summed E-state index contributed by atoms with van der Waals surface area (Å²) in [5.41, 5.74) is 4.44. The Morgan fingerprint density at radius 3 is 2.29 bits per heavy atom. The number of nitrogens with one attached hydrogen (secondary N) is 2. The minimum atomic E-state index is -1.15. The lowest BCUT2D eigenvalue weighted by atomic mass is 10.1. The van der Waals surface area contributed by atoms with Crippen molar-refractivity contribution in [2.75, 3.05) is 11.9 Å². The molecule has 0 aromatic heterocycles. The number of ketones is 1. The van der Waals surface area contributed by atoms with Gasteiger partial charge in [-0.1, -0.05) is 12.1 Å². The molecule has 0 aliphatic rings. The zero-order chi connectivity index (χ0) is 20.8. The zero-order valence-corrected chi connectivity index (χ0v) is 14.7. The Bertz CT molecular complexity index is 954. The molecule has 0 fully saturated rings. The average molecular weight is 391 g/mol. The maximum absolute atomic E-state index is 13.6. The largest absolute Gasteiger partial charge is 0.454 e. The first kappa shape index (κ1) is 20.7. The maximum atomic E-state index is 13.6. The topological polar surface area (TPSA) is 105 Å². The van der Waals surface area contributed by atoms with Crippen LogP contribution in [0.2, 0.25) is 0 Å². The van der Waals surface area contributed by atoms with Crippen molar-refractivity contribution < 1.29 is 27.5 Å². The fraction of sp³-hybridized carbons (Fsp3) is 0.105. The molecule has 2 aromatic rings. The van der Waals surface area contributed by atoms with E-state index in [-0.39, 0.29) is 17.2 Å². The van der Waals surface area contributed by atoms with E-state index in [0.29, 0.717) is 0 Å². The summed E-state index contributed by atoms with van der Waals surface area (Å²) in [5.74, 6) is -5.29. The lowest BCUT2D eigenvalue weighted by Crippen LogP contribution is -2.25. The van der Waals surface area contributed by atoms with E-state index in [0.717, 1.165) is 24.3 Å². The Hall–Kier alpha value is -3.62. The molecule has 2 rings (SSSR count). The molecule has 0 aliphatic carbocycles. The molecule has 0 heterocycles. The van der Waals surface area contributed by atoms with Crippen LogP contribution in [0.25, 0.3) is 0 Å². The summed E-state index contributed by atoms with van der Waals surface area (Å²) in [6.45, 7) is 0.287. The highest BCUT2D eigenvalue weighted by atomic mass is 19.1. The molecule has 28 heavy (non-hydrogen) atoms. The van der Waals surface area contributed by atoms with Gasteiger partial charge in [0, 0.05) is 11.4 Å². The number of anilines is 1. The van der Waals surface area contributed by atoms with Gasteiger partial charge in [-0.2, -0.15) is 0 Å². The van der Waals surface area contributed by atoms with Crippen molar-refractivity contribution in [2.45, 2.75) is 6.92 Å². The molecule has 6 nitrogen and oxygen atoms in total. The minimum Gasteiger partial charge on any atom is -0.454 e. The second-order valence-electron chi connectivity index (χ2n) is 5.64. The summed E-state index contributed by atoms with van der Waals surface area (Å²) < 4.78 is 45.2. The Balaban J connectivity index is 2.16. The fourth-order valence-electron chi connectivity index (χ4n) is 2.29. The number of benzene rings is 2. The summed E-state index contributed by atoms with van der Waals surface area (Å²) in [6.07, 6.45) is 0. The van der Waals surface area contributed by atoms with Gasteiger partial charge in [0.15, 0.2) is 6.61 Å². The molecule has 2 aromatic carbocycles. The highest BCUT2D eigenvalue weighted by Crippen LogP contribution is 2.15. The molecule has 0 saturated heterocycles. The van der Waals surface area contributed by atoms with Crippen LogP contribution >= 0.6 is 0 Å². The first-order valence-electron chi connectivity index (χ1n) is 7.93. The molecule has 0 bridgehead atoms. The maximum Gasteiger partial charge on any atom is 0.344 e. The second kappa shape index (κ2) is 8.85. The van der Waals surface area contributed by atoms with Crippen molar-refractivity contribution in [2.24, 2.45) is 5.73 Å². The lowest BCUT2D eigenvalue weighted by molar-refractivity contribution is -0.137. The van der Waals surface area contributed by atoms with Crippen LogP contribution in [0.4, 0.5) is 18.9 Å². The number of ether oxygens (including phenoxy) is 1. The number of carbonyl (C=O) groups excluding carboxylic acids is 2. The molecule has 0 amide bonds. The van der Waals surface area contributed by atoms with Gasteiger partial charge in [0.2, 0.25) is 5.78 Å². The highest BCUT2D eigenvalue weighted by Gasteiger charge is 2.22. The number of esters is 1. The van der Waals surface area contributed by atoms with E-state index in [1.807, 2.05) is 0 Å². The molecule has 0 atom stereocenters. The first-order valence-corrected chi connectivity index (χ1v) is 7.93. The Morgan fingerprint density at radius 1 is 1.11 bits per heavy atom. The van der Waals surface area contributed by atoms with Crippen LogP contribution in [0, 0.1) is 22.9 Å². The van der Waals surface area contributed by atoms with E-state index in [9.17, 15) is 22.8 Å². The van der Waals surface area contributed by atoms with E-state index < -0.39 is 46.9 Å². The molecule has 4 N–H and O–H groups in total. The molecule has 0 radical (unpaired) electrons. The van der Waals surface area contributed by atoms with E-state index in [4.69, 9.17) is 15.9 Å². The molecular weight excluding hydrogens is 375 g/mol. The summed E-state index contributed by atoms with van der Waals surface area (Å²) in [6, 6.07) is 8.07. The minimum absolute atomic E-state index is 0.216. The summed E-state index contributed by atoms with van der Waals surface area (Å²) in [5, 5.41) is 10.2. The normalized spacial score (nSPS) is 11.4. The first-order chi connectivity index (χ1) is 13.2. The van der Waals surface area contributed by atoms with Crippen molar-refractivity contribution in [1.82, 2.24) is 0 Å². The van der Waals surface area contributed by atoms with Crippen molar-refractivity contribution in [3.63, 3.8) is 0 Å². The lowest BCUT2D eigenvalue weighted by Gasteiger charge is -2.13. The van der Waals surface area contributed by atoms with Crippen molar-refractivity contribution in [3.05, 3.63) is 76.9 Å². The van der Waals surface area contributed by atoms with E-state index in [2.05, 4.69) is 5.32 Å². The monoisotopic (exact) mass is 391 g/mol. The molecular formula is C19H16F3N3O3. The fourth-order valence-corrected chi connectivity index (χ4v) is 2.29. The predicted octanol–water partition coefficient (Wildman–Crippen LogP) is 3.15. The van der Waals surface area contributed by atoms with Crippen LogP contribution in [0.5, 0.6) is 0 Å². The standard InChI is InChI=1S/C19H16F3N3O3/c1-10(23)16(18(24)25-12-5-2-4-11(20)8-12)19(27)28-9-15(26)17-13(21)6-3-7-14(17)22/h2-8,23,25H,9,24H2,1H3/b18-16+,23-10?. The summed E-state index contributed by atoms with van der Waals surface area (Å²) in [4.78, 5) is 24.2. The van der Waals surface area contributed by atoms with Gasteiger partial charge in [0.1, 0.15) is 28.8 Å². The van der Waals surface area contributed by atoms with E-state index in [1.54, 1.807) is 0 Å². The van der Waals surface area contributed by atoms with Crippen LogP contribution in [-0.4, -0.2) is 24.1 Å². The van der Waals surface area contributed by atoms with Gasteiger partial charge in [-0.3, -0.25) is 4.79 Å². The number of halogens is 3. The number of hydrogen-bond acceptors (Lipinski definition) is 6. The summed E-state index contributed by atoms with van der Waals surface area (Å²) in [7, 11) is 0.